The summed E-state index contributed by atoms with van der Waals surface area (Å²) in [6.45, 7) is 6.52. The highest BCUT2D eigenvalue weighted by Crippen LogP contribution is 2.34. The molecule has 1 saturated heterocycles. The second kappa shape index (κ2) is 2.50. The summed E-state index contributed by atoms with van der Waals surface area (Å²) < 4.78 is 0. The van der Waals surface area contributed by atoms with Crippen LogP contribution in [0, 0.1) is 5.92 Å². The van der Waals surface area contributed by atoms with E-state index in [1.54, 1.807) is 0 Å². The zero-order valence-corrected chi connectivity index (χ0v) is 7.85. The van der Waals surface area contributed by atoms with Crippen LogP contribution in [0.3, 0.4) is 0 Å². The summed E-state index contributed by atoms with van der Waals surface area (Å²) in [6.07, 6.45) is 1.74. The topological polar surface area (TPSA) is 20.3 Å². The van der Waals surface area contributed by atoms with Crippen LogP contribution in [0.25, 0.3) is 0 Å². The third-order valence-electron chi connectivity index (χ3n) is 3.23. The van der Waals surface area contributed by atoms with Gasteiger partial charge in [0.1, 0.15) is 0 Å². The lowest BCUT2D eigenvalue weighted by Crippen LogP contribution is -2.44. The summed E-state index contributed by atoms with van der Waals surface area (Å²) in [5.74, 6) is 0.847. The lowest BCUT2D eigenvalue weighted by atomic mass is 9.86. The predicted molar refractivity (Wildman–Crippen MR) is 45.2 cm³/mol. The average Bonchev–Trinajstić information content (AvgIpc) is 2.18. The normalized spacial score (nSPS) is 32.1. The van der Waals surface area contributed by atoms with E-state index >= 15 is 0 Å². The Morgan fingerprint density at radius 3 is 2.27 bits per heavy atom. The molecular formula is C9H17NO. The number of carbonyl (C=O) groups is 1. The molecule has 1 amide bonds. The SMILES string of the molecule is CC(C)C1(C)CCC(=O)N1C. The fourth-order valence-corrected chi connectivity index (χ4v) is 1.66. The van der Waals surface area contributed by atoms with Gasteiger partial charge in [-0.25, -0.2) is 0 Å². The average molecular weight is 155 g/mol. The maximum atomic E-state index is 11.2. The van der Waals surface area contributed by atoms with Crippen LogP contribution in [0.4, 0.5) is 0 Å². The second-order valence-electron chi connectivity index (χ2n) is 3.96. The minimum atomic E-state index is 0.108. The van der Waals surface area contributed by atoms with E-state index in [0.717, 1.165) is 12.8 Å². The quantitative estimate of drug-likeness (QED) is 0.564. The highest BCUT2D eigenvalue weighted by molar-refractivity contribution is 5.79. The van der Waals surface area contributed by atoms with Crippen LogP contribution in [0.5, 0.6) is 0 Å². The Kier molecular flexibility index (Phi) is 1.95. The third kappa shape index (κ3) is 1.15. The van der Waals surface area contributed by atoms with Gasteiger partial charge in [0, 0.05) is 19.0 Å². The monoisotopic (exact) mass is 155 g/mol. The van der Waals surface area contributed by atoms with E-state index in [0.29, 0.717) is 11.8 Å². The summed E-state index contributed by atoms with van der Waals surface area (Å²) in [5.41, 5.74) is 0.108. The molecule has 2 nitrogen and oxygen atoms in total. The van der Waals surface area contributed by atoms with Crippen molar-refractivity contribution in [2.45, 2.75) is 39.2 Å². The molecule has 1 atom stereocenters. The summed E-state index contributed by atoms with van der Waals surface area (Å²) in [7, 11) is 1.91. The van der Waals surface area contributed by atoms with Gasteiger partial charge in [0.05, 0.1) is 0 Å². The molecule has 0 aromatic heterocycles. The Morgan fingerprint density at radius 2 is 2.09 bits per heavy atom. The van der Waals surface area contributed by atoms with Gasteiger partial charge >= 0.3 is 0 Å². The number of hydrogen-bond acceptors (Lipinski definition) is 1. The van der Waals surface area contributed by atoms with Crippen molar-refractivity contribution in [2.24, 2.45) is 5.92 Å². The van der Waals surface area contributed by atoms with Crippen molar-refractivity contribution in [3.63, 3.8) is 0 Å². The van der Waals surface area contributed by atoms with Crippen molar-refractivity contribution < 1.29 is 4.79 Å². The first-order chi connectivity index (χ1) is 4.98. The Morgan fingerprint density at radius 1 is 1.55 bits per heavy atom. The maximum absolute atomic E-state index is 11.2. The number of hydrogen-bond donors (Lipinski definition) is 0. The van der Waals surface area contributed by atoms with E-state index in [-0.39, 0.29) is 5.54 Å². The van der Waals surface area contributed by atoms with E-state index in [9.17, 15) is 4.79 Å². The number of carbonyl (C=O) groups excluding carboxylic acids is 1. The molecular weight excluding hydrogens is 138 g/mol. The molecule has 0 aromatic rings. The highest BCUT2D eigenvalue weighted by atomic mass is 16.2. The van der Waals surface area contributed by atoms with Crippen LogP contribution in [-0.2, 0) is 4.79 Å². The molecule has 1 aliphatic heterocycles. The molecule has 0 saturated carbocycles. The van der Waals surface area contributed by atoms with Gasteiger partial charge in [-0.2, -0.15) is 0 Å². The van der Waals surface area contributed by atoms with Crippen molar-refractivity contribution in [1.29, 1.82) is 0 Å². The molecule has 0 spiro atoms. The fourth-order valence-electron chi connectivity index (χ4n) is 1.66. The second-order valence-corrected chi connectivity index (χ2v) is 3.96. The van der Waals surface area contributed by atoms with Crippen LogP contribution in [0.15, 0.2) is 0 Å². The van der Waals surface area contributed by atoms with Gasteiger partial charge in [0.15, 0.2) is 0 Å². The summed E-state index contributed by atoms with van der Waals surface area (Å²) >= 11 is 0. The molecule has 0 aliphatic carbocycles. The molecule has 64 valence electrons. The van der Waals surface area contributed by atoms with Crippen LogP contribution in [-0.4, -0.2) is 23.4 Å². The molecule has 0 aromatic carbocycles. The van der Waals surface area contributed by atoms with Gasteiger partial charge in [-0.05, 0) is 19.3 Å². The standard InChI is InChI=1S/C9H17NO/c1-7(2)9(3)6-5-8(11)10(9)4/h7H,5-6H2,1-4H3. The molecule has 0 N–H and O–H groups in total. The van der Waals surface area contributed by atoms with Gasteiger partial charge < -0.3 is 4.90 Å². The lowest BCUT2D eigenvalue weighted by Gasteiger charge is -2.36. The van der Waals surface area contributed by atoms with E-state index in [4.69, 9.17) is 0 Å². The molecule has 11 heavy (non-hydrogen) atoms. The Hall–Kier alpha value is -0.530. The van der Waals surface area contributed by atoms with Crippen molar-refractivity contribution in [3.8, 4) is 0 Å². The highest BCUT2D eigenvalue weighted by Gasteiger charge is 2.40. The molecule has 1 unspecified atom stereocenters. The van der Waals surface area contributed by atoms with Crippen molar-refractivity contribution in [1.82, 2.24) is 4.90 Å². The van der Waals surface area contributed by atoms with Crippen LogP contribution in [0.1, 0.15) is 33.6 Å². The Labute approximate surface area is 68.6 Å². The minimum absolute atomic E-state index is 0.108. The van der Waals surface area contributed by atoms with Crippen LogP contribution >= 0.6 is 0 Å². The molecule has 0 radical (unpaired) electrons. The van der Waals surface area contributed by atoms with Gasteiger partial charge in [-0.1, -0.05) is 13.8 Å². The van der Waals surface area contributed by atoms with E-state index in [1.807, 2.05) is 11.9 Å². The molecule has 2 heteroatoms. The van der Waals surface area contributed by atoms with E-state index in [2.05, 4.69) is 20.8 Å². The largest absolute Gasteiger partial charge is 0.340 e. The maximum Gasteiger partial charge on any atom is 0.222 e. The van der Waals surface area contributed by atoms with Crippen LogP contribution < -0.4 is 0 Å². The number of nitrogens with zero attached hydrogens (tertiary/aromatic N) is 1. The number of rotatable bonds is 1. The molecule has 1 fully saturated rings. The van der Waals surface area contributed by atoms with Gasteiger partial charge in [-0.3, -0.25) is 4.79 Å². The first kappa shape index (κ1) is 8.57. The van der Waals surface area contributed by atoms with Gasteiger partial charge in [0.2, 0.25) is 5.91 Å². The van der Waals surface area contributed by atoms with Crippen molar-refractivity contribution >= 4 is 5.91 Å². The van der Waals surface area contributed by atoms with E-state index in [1.165, 1.54) is 0 Å². The lowest BCUT2D eigenvalue weighted by molar-refractivity contribution is -0.130. The Balaban J connectivity index is 2.81. The molecule has 1 heterocycles. The summed E-state index contributed by atoms with van der Waals surface area (Å²) in [6, 6.07) is 0. The molecule has 1 aliphatic rings. The molecule has 1 rings (SSSR count). The zero-order chi connectivity index (χ0) is 8.65. The minimum Gasteiger partial charge on any atom is -0.340 e. The smallest absolute Gasteiger partial charge is 0.222 e. The Bertz CT molecular complexity index is 176. The van der Waals surface area contributed by atoms with Crippen molar-refractivity contribution in [2.75, 3.05) is 7.05 Å². The first-order valence-electron chi connectivity index (χ1n) is 4.25. The van der Waals surface area contributed by atoms with E-state index < -0.39 is 0 Å². The van der Waals surface area contributed by atoms with Gasteiger partial charge in [0.25, 0.3) is 0 Å². The number of likely N-dealkylation sites (tertiary alicyclic amines) is 1. The van der Waals surface area contributed by atoms with Crippen LogP contribution in [0.2, 0.25) is 0 Å². The third-order valence-corrected chi connectivity index (χ3v) is 3.23. The number of amides is 1. The zero-order valence-electron chi connectivity index (χ0n) is 7.85. The van der Waals surface area contributed by atoms with Gasteiger partial charge in [-0.15, -0.1) is 0 Å². The summed E-state index contributed by atoms with van der Waals surface area (Å²) in [5, 5.41) is 0. The fraction of sp³-hybridized carbons (Fsp3) is 0.889. The van der Waals surface area contributed by atoms with Crippen molar-refractivity contribution in [3.05, 3.63) is 0 Å². The summed E-state index contributed by atoms with van der Waals surface area (Å²) in [4.78, 5) is 13.1. The predicted octanol–water partition coefficient (Wildman–Crippen LogP) is 1.65. The molecule has 0 bridgehead atoms. The first-order valence-corrected chi connectivity index (χ1v) is 4.25.